The van der Waals surface area contributed by atoms with Crippen LogP contribution in [-0.2, 0) is 0 Å². The zero-order valence-corrected chi connectivity index (χ0v) is 7.43. The predicted molar refractivity (Wildman–Crippen MR) is 46.9 cm³/mol. The summed E-state index contributed by atoms with van der Waals surface area (Å²) in [4.78, 5) is 2.24. The highest BCUT2D eigenvalue weighted by atomic mass is 19.1. The van der Waals surface area contributed by atoms with E-state index in [4.69, 9.17) is 0 Å². The summed E-state index contributed by atoms with van der Waals surface area (Å²) in [6.45, 7) is 3.77. The van der Waals surface area contributed by atoms with Gasteiger partial charge in [-0.25, -0.2) is 4.39 Å². The van der Waals surface area contributed by atoms with Crippen molar-refractivity contribution in [3.8, 4) is 0 Å². The Labute approximate surface area is 73.1 Å². The highest BCUT2D eigenvalue weighted by Crippen LogP contribution is 2.24. The SMILES string of the molecule is FCCN1C[C@@H]2CCCN[C@@H]2C1. The van der Waals surface area contributed by atoms with Crippen LogP contribution < -0.4 is 5.32 Å². The first-order valence-corrected chi connectivity index (χ1v) is 4.92. The van der Waals surface area contributed by atoms with Crippen LogP contribution in [0.2, 0.25) is 0 Å². The van der Waals surface area contributed by atoms with Crippen molar-refractivity contribution in [2.24, 2.45) is 5.92 Å². The van der Waals surface area contributed by atoms with E-state index < -0.39 is 0 Å². The van der Waals surface area contributed by atoms with E-state index in [-0.39, 0.29) is 6.67 Å². The summed E-state index contributed by atoms with van der Waals surface area (Å²) in [5.41, 5.74) is 0. The molecule has 2 rings (SSSR count). The average Bonchev–Trinajstić information content (AvgIpc) is 2.47. The Morgan fingerprint density at radius 1 is 1.42 bits per heavy atom. The Hall–Kier alpha value is -0.150. The number of likely N-dealkylation sites (tertiary alicyclic amines) is 1. The van der Waals surface area contributed by atoms with Crippen molar-refractivity contribution in [2.45, 2.75) is 18.9 Å². The molecule has 0 saturated carbocycles. The van der Waals surface area contributed by atoms with E-state index in [0.717, 1.165) is 25.6 Å². The molecule has 3 heteroatoms. The van der Waals surface area contributed by atoms with Crippen LogP contribution in [0.3, 0.4) is 0 Å². The molecule has 2 aliphatic rings. The van der Waals surface area contributed by atoms with Gasteiger partial charge < -0.3 is 5.32 Å². The lowest BCUT2D eigenvalue weighted by molar-refractivity contribution is 0.286. The summed E-state index contributed by atoms with van der Waals surface area (Å²) in [6.07, 6.45) is 2.63. The topological polar surface area (TPSA) is 15.3 Å². The molecule has 0 bridgehead atoms. The standard InChI is InChI=1S/C9H17FN2/c10-3-5-12-6-8-2-1-4-11-9(8)7-12/h8-9,11H,1-7H2/t8-,9+/m0/s1. The number of nitrogens with zero attached hydrogens (tertiary/aromatic N) is 1. The van der Waals surface area contributed by atoms with Crippen LogP contribution in [0, 0.1) is 5.92 Å². The quantitative estimate of drug-likeness (QED) is 0.657. The number of nitrogens with one attached hydrogen (secondary N) is 1. The fourth-order valence-corrected chi connectivity index (χ4v) is 2.44. The number of halogens is 1. The molecule has 0 spiro atoms. The van der Waals surface area contributed by atoms with Gasteiger partial charge in [-0.3, -0.25) is 4.90 Å². The largest absolute Gasteiger partial charge is 0.312 e. The lowest BCUT2D eigenvalue weighted by Gasteiger charge is -2.24. The minimum Gasteiger partial charge on any atom is -0.312 e. The molecule has 0 aliphatic carbocycles. The van der Waals surface area contributed by atoms with E-state index in [0.29, 0.717) is 12.6 Å². The second kappa shape index (κ2) is 3.71. The Kier molecular flexibility index (Phi) is 2.61. The normalized spacial score (nSPS) is 36.8. The molecule has 0 aromatic heterocycles. The van der Waals surface area contributed by atoms with Gasteiger partial charge in [-0.15, -0.1) is 0 Å². The van der Waals surface area contributed by atoms with Crippen LogP contribution in [0.25, 0.3) is 0 Å². The smallest absolute Gasteiger partial charge is 0.102 e. The van der Waals surface area contributed by atoms with Crippen LogP contribution in [0.15, 0.2) is 0 Å². The van der Waals surface area contributed by atoms with E-state index in [9.17, 15) is 4.39 Å². The molecule has 0 radical (unpaired) electrons. The number of rotatable bonds is 2. The second-order valence-electron chi connectivity index (χ2n) is 3.91. The highest BCUT2D eigenvalue weighted by molar-refractivity contribution is 4.91. The minimum atomic E-state index is -0.195. The first-order chi connectivity index (χ1) is 5.90. The number of piperidine rings is 1. The summed E-state index contributed by atoms with van der Waals surface area (Å²) >= 11 is 0. The van der Waals surface area contributed by atoms with Crippen molar-refractivity contribution >= 4 is 0 Å². The first kappa shape index (κ1) is 8.45. The minimum absolute atomic E-state index is 0.195. The summed E-state index contributed by atoms with van der Waals surface area (Å²) in [7, 11) is 0. The summed E-state index contributed by atoms with van der Waals surface area (Å²) < 4.78 is 12.1. The van der Waals surface area contributed by atoms with E-state index >= 15 is 0 Å². The lowest BCUT2D eigenvalue weighted by atomic mass is 9.94. The third kappa shape index (κ3) is 1.62. The van der Waals surface area contributed by atoms with Crippen LogP contribution in [0.1, 0.15) is 12.8 Å². The first-order valence-electron chi connectivity index (χ1n) is 4.92. The molecule has 2 fully saturated rings. The van der Waals surface area contributed by atoms with Crippen molar-refractivity contribution < 1.29 is 4.39 Å². The molecular formula is C9H17FN2. The van der Waals surface area contributed by atoms with E-state index in [2.05, 4.69) is 10.2 Å². The van der Waals surface area contributed by atoms with Crippen LogP contribution in [0.4, 0.5) is 4.39 Å². The average molecular weight is 172 g/mol. The van der Waals surface area contributed by atoms with Crippen molar-refractivity contribution in [1.29, 1.82) is 0 Å². The fourth-order valence-electron chi connectivity index (χ4n) is 2.44. The van der Waals surface area contributed by atoms with Crippen molar-refractivity contribution in [2.75, 3.05) is 32.9 Å². The van der Waals surface area contributed by atoms with Gasteiger partial charge >= 0.3 is 0 Å². The zero-order chi connectivity index (χ0) is 8.39. The predicted octanol–water partition coefficient (Wildman–Crippen LogP) is 0.640. The number of hydrogen-bond acceptors (Lipinski definition) is 2. The maximum atomic E-state index is 12.1. The zero-order valence-electron chi connectivity index (χ0n) is 7.43. The van der Waals surface area contributed by atoms with Crippen molar-refractivity contribution in [1.82, 2.24) is 10.2 Å². The van der Waals surface area contributed by atoms with E-state index in [1.165, 1.54) is 12.8 Å². The van der Waals surface area contributed by atoms with Gasteiger partial charge in [0.2, 0.25) is 0 Å². The number of fused-ring (bicyclic) bond motifs is 1. The highest BCUT2D eigenvalue weighted by Gasteiger charge is 2.33. The van der Waals surface area contributed by atoms with Crippen molar-refractivity contribution in [3.05, 3.63) is 0 Å². The van der Waals surface area contributed by atoms with Gasteiger partial charge in [-0.2, -0.15) is 0 Å². The second-order valence-corrected chi connectivity index (χ2v) is 3.91. The van der Waals surface area contributed by atoms with Gasteiger partial charge in [0.15, 0.2) is 0 Å². The van der Waals surface area contributed by atoms with Gasteiger partial charge in [0, 0.05) is 25.7 Å². The molecule has 2 aliphatic heterocycles. The van der Waals surface area contributed by atoms with Gasteiger partial charge in [0.25, 0.3) is 0 Å². The third-order valence-electron chi connectivity index (χ3n) is 3.08. The number of hydrogen-bond donors (Lipinski definition) is 1. The van der Waals surface area contributed by atoms with Gasteiger partial charge in [-0.05, 0) is 25.3 Å². The molecule has 1 N–H and O–H groups in total. The molecule has 0 aromatic rings. The fraction of sp³-hybridized carbons (Fsp3) is 1.00. The Balaban J connectivity index is 1.85. The molecular weight excluding hydrogens is 155 g/mol. The number of alkyl halides is 1. The molecule has 0 amide bonds. The molecule has 12 heavy (non-hydrogen) atoms. The Morgan fingerprint density at radius 3 is 3.08 bits per heavy atom. The molecule has 2 nitrogen and oxygen atoms in total. The molecule has 0 unspecified atom stereocenters. The van der Waals surface area contributed by atoms with Gasteiger partial charge in [0.05, 0.1) is 0 Å². The van der Waals surface area contributed by atoms with E-state index in [1.54, 1.807) is 0 Å². The molecule has 2 atom stereocenters. The molecule has 70 valence electrons. The van der Waals surface area contributed by atoms with Crippen LogP contribution >= 0.6 is 0 Å². The summed E-state index contributed by atoms with van der Waals surface area (Å²) in [5, 5.41) is 3.51. The lowest BCUT2D eigenvalue weighted by Crippen LogP contribution is -2.40. The Morgan fingerprint density at radius 2 is 2.33 bits per heavy atom. The van der Waals surface area contributed by atoms with Crippen LogP contribution in [-0.4, -0.2) is 43.8 Å². The maximum Gasteiger partial charge on any atom is 0.102 e. The van der Waals surface area contributed by atoms with E-state index in [1.807, 2.05) is 0 Å². The Bertz CT molecular complexity index is 137. The molecule has 2 heterocycles. The third-order valence-corrected chi connectivity index (χ3v) is 3.08. The summed E-state index contributed by atoms with van der Waals surface area (Å²) in [6, 6.07) is 0.658. The van der Waals surface area contributed by atoms with Gasteiger partial charge in [0.1, 0.15) is 6.67 Å². The monoisotopic (exact) mass is 172 g/mol. The summed E-state index contributed by atoms with van der Waals surface area (Å²) in [5.74, 6) is 0.797. The molecule has 0 aromatic carbocycles. The maximum absolute atomic E-state index is 12.1. The van der Waals surface area contributed by atoms with Gasteiger partial charge in [-0.1, -0.05) is 0 Å². The molecule has 2 saturated heterocycles. The van der Waals surface area contributed by atoms with Crippen LogP contribution in [0.5, 0.6) is 0 Å². The van der Waals surface area contributed by atoms with Crippen molar-refractivity contribution in [3.63, 3.8) is 0 Å².